The van der Waals surface area contributed by atoms with Gasteiger partial charge in [0, 0.05) is 18.3 Å². The Labute approximate surface area is 76.9 Å². The molecule has 0 amide bonds. The number of rotatable bonds is 1. The van der Waals surface area contributed by atoms with Crippen molar-refractivity contribution in [2.45, 2.75) is 25.7 Å². The highest BCUT2D eigenvalue weighted by atomic mass is 16.4. The first-order valence-electron chi connectivity index (χ1n) is 4.62. The normalized spacial score (nSPS) is 19.5. The highest BCUT2D eigenvalue weighted by Crippen LogP contribution is 2.26. The molecule has 0 spiro atoms. The maximum absolute atomic E-state index is 8.90. The summed E-state index contributed by atoms with van der Waals surface area (Å²) in [7, 11) is 0. The quantitative estimate of drug-likeness (QED) is 0.309. The SMILES string of the molecule is ON=C(C1CCCC1)n1ccnc1. The zero-order chi connectivity index (χ0) is 9.10. The van der Waals surface area contributed by atoms with Gasteiger partial charge in [-0.25, -0.2) is 4.98 Å². The molecule has 1 N–H and O–H groups in total. The van der Waals surface area contributed by atoms with E-state index in [1.165, 1.54) is 12.8 Å². The molecule has 1 fully saturated rings. The average Bonchev–Trinajstić information content (AvgIpc) is 2.76. The van der Waals surface area contributed by atoms with Crippen LogP contribution >= 0.6 is 0 Å². The van der Waals surface area contributed by atoms with Gasteiger partial charge in [0.15, 0.2) is 5.84 Å². The second kappa shape index (κ2) is 3.60. The summed E-state index contributed by atoms with van der Waals surface area (Å²) in [6, 6.07) is 0. The van der Waals surface area contributed by atoms with Crippen LogP contribution in [0.5, 0.6) is 0 Å². The van der Waals surface area contributed by atoms with Gasteiger partial charge in [0.25, 0.3) is 0 Å². The van der Waals surface area contributed by atoms with Gasteiger partial charge in [-0.15, -0.1) is 0 Å². The Balaban J connectivity index is 2.19. The Bertz CT molecular complexity index is 286. The Kier molecular flexibility index (Phi) is 2.29. The number of oxime groups is 1. The number of imidazole rings is 1. The van der Waals surface area contributed by atoms with E-state index >= 15 is 0 Å². The third kappa shape index (κ3) is 1.56. The molecule has 4 heteroatoms. The molecular weight excluding hydrogens is 166 g/mol. The maximum atomic E-state index is 8.90. The third-order valence-electron chi connectivity index (χ3n) is 2.59. The molecule has 0 aromatic carbocycles. The van der Waals surface area contributed by atoms with Gasteiger partial charge < -0.3 is 5.21 Å². The summed E-state index contributed by atoms with van der Waals surface area (Å²) in [6.07, 6.45) is 9.90. The minimum Gasteiger partial charge on any atom is -0.409 e. The van der Waals surface area contributed by atoms with Crippen LogP contribution in [0.4, 0.5) is 0 Å². The van der Waals surface area contributed by atoms with Crippen molar-refractivity contribution < 1.29 is 5.21 Å². The molecule has 2 rings (SSSR count). The molecule has 0 bridgehead atoms. The van der Waals surface area contributed by atoms with Crippen LogP contribution < -0.4 is 0 Å². The van der Waals surface area contributed by atoms with Crippen molar-refractivity contribution in [3.8, 4) is 0 Å². The van der Waals surface area contributed by atoms with Crippen LogP contribution in [0.3, 0.4) is 0 Å². The minimum atomic E-state index is 0.402. The van der Waals surface area contributed by atoms with Crippen LogP contribution in [0.25, 0.3) is 0 Å². The first-order valence-corrected chi connectivity index (χ1v) is 4.62. The first-order chi connectivity index (χ1) is 6.42. The molecule has 1 heterocycles. The molecule has 70 valence electrons. The molecule has 0 saturated heterocycles. The third-order valence-corrected chi connectivity index (χ3v) is 2.59. The Hall–Kier alpha value is -1.32. The molecule has 1 aromatic heterocycles. The van der Waals surface area contributed by atoms with E-state index in [1.807, 2.05) is 6.20 Å². The lowest BCUT2D eigenvalue weighted by molar-refractivity contribution is 0.312. The molecule has 0 aliphatic heterocycles. The maximum Gasteiger partial charge on any atom is 0.156 e. The Morgan fingerprint density at radius 3 is 2.77 bits per heavy atom. The molecule has 13 heavy (non-hydrogen) atoms. The van der Waals surface area contributed by atoms with Gasteiger partial charge in [0.05, 0.1) is 0 Å². The van der Waals surface area contributed by atoms with Gasteiger partial charge in [-0.3, -0.25) is 4.57 Å². The minimum absolute atomic E-state index is 0.402. The predicted octanol–water partition coefficient (Wildman–Crippen LogP) is 1.71. The van der Waals surface area contributed by atoms with Crippen molar-refractivity contribution in [2.24, 2.45) is 11.1 Å². The van der Waals surface area contributed by atoms with Crippen LogP contribution in [0.2, 0.25) is 0 Å². The fraction of sp³-hybridized carbons (Fsp3) is 0.556. The van der Waals surface area contributed by atoms with Crippen molar-refractivity contribution in [1.29, 1.82) is 0 Å². The first kappa shape index (κ1) is 8.29. The second-order valence-corrected chi connectivity index (χ2v) is 3.41. The largest absolute Gasteiger partial charge is 0.409 e. The van der Waals surface area contributed by atoms with Crippen LogP contribution in [0.1, 0.15) is 25.7 Å². The van der Waals surface area contributed by atoms with Gasteiger partial charge in [-0.1, -0.05) is 18.0 Å². The number of aromatic nitrogens is 2. The van der Waals surface area contributed by atoms with Crippen molar-refractivity contribution in [1.82, 2.24) is 9.55 Å². The van der Waals surface area contributed by atoms with Crippen molar-refractivity contribution >= 4 is 5.84 Å². The van der Waals surface area contributed by atoms with E-state index in [2.05, 4.69) is 10.1 Å². The van der Waals surface area contributed by atoms with Crippen molar-refractivity contribution in [3.63, 3.8) is 0 Å². The van der Waals surface area contributed by atoms with Crippen LogP contribution in [0.15, 0.2) is 23.9 Å². The average molecular weight is 179 g/mol. The van der Waals surface area contributed by atoms with E-state index in [4.69, 9.17) is 5.21 Å². The van der Waals surface area contributed by atoms with E-state index in [0.29, 0.717) is 5.92 Å². The zero-order valence-corrected chi connectivity index (χ0v) is 7.43. The summed E-state index contributed by atoms with van der Waals surface area (Å²) in [5, 5.41) is 12.2. The lowest BCUT2D eigenvalue weighted by atomic mass is 10.1. The van der Waals surface area contributed by atoms with E-state index in [9.17, 15) is 0 Å². The molecular formula is C9H13N3O. The van der Waals surface area contributed by atoms with E-state index < -0.39 is 0 Å². The highest BCUT2D eigenvalue weighted by Gasteiger charge is 2.22. The topological polar surface area (TPSA) is 50.4 Å². The van der Waals surface area contributed by atoms with Crippen LogP contribution in [0, 0.1) is 5.92 Å². The lowest BCUT2D eigenvalue weighted by Crippen LogP contribution is -2.19. The number of nitrogens with zero attached hydrogens (tertiary/aromatic N) is 3. The Morgan fingerprint density at radius 2 is 2.23 bits per heavy atom. The molecule has 1 aliphatic rings. The molecule has 1 aromatic rings. The summed E-state index contributed by atoms with van der Waals surface area (Å²) >= 11 is 0. The van der Waals surface area contributed by atoms with Crippen molar-refractivity contribution in [3.05, 3.63) is 18.7 Å². The summed E-state index contributed by atoms with van der Waals surface area (Å²) < 4.78 is 1.79. The molecule has 0 radical (unpaired) electrons. The monoisotopic (exact) mass is 179 g/mol. The Morgan fingerprint density at radius 1 is 1.46 bits per heavy atom. The van der Waals surface area contributed by atoms with Gasteiger partial charge in [0.2, 0.25) is 0 Å². The second-order valence-electron chi connectivity index (χ2n) is 3.41. The van der Waals surface area contributed by atoms with E-state index in [0.717, 1.165) is 18.7 Å². The lowest BCUT2D eigenvalue weighted by Gasteiger charge is -2.10. The van der Waals surface area contributed by atoms with E-state index in [-0.39, 0.29) is 0 Å². The van der Waals surface area contributed by atoms with Gasteiger partial charge >= 0.3 is 0 Å². The van der Waals surface area contributed by atoms with Gasteiger partial charge in [-0.05, 0) is 12.8 Å². The smallest absolute Gasteiger partial charge is 0.156 e. The van der Waals surface area contributed by atoms with Gasteiger partial charge in [0.1, 0.15) is 6.33 Å². The fourth-order valence-corrected chi connectivity index (χ4v) is 1.92. The summed E-state index contributed by atoms with van der Waals surface area (Å²) in [5.74, 6) is 1.13. The number of hydrogen-bond donors (Lipinski definition) is 1. The standard InChI is InChI=1S/C9H13N3O/c13-11-9(8-3-1-2-4-8)12-6-5-10-7-12/h5-8,13H,1-4H2. The fourth-order valence-electron chi connectivity index (χ4n) is 1.92. The summed E-state index contributed by atoms with van der Waals surface area (Å²) in [4.78, 5) is 3.93. The molecule has 1 saturated carbocycles. The summed E-state index contributed by atoms with van der Waals surface area (Å²) in [5.41, 5.74) is 0. The van der Waals surface area contributed by atoms with Crippen molar-refractivity contribution in [2.75, 3.05) is 0 Å². The number of hydrogen-bond acceptors (Lipinski definition) is 3. The van der Waals surface area contributed by atoms with Crippen LogP contribution in [-0.2, 0) is 0 Å². The predicted molar refractivity (Wildman–Crippen MR) is 48.8 cm³/mol. The van der Waals surface area contributed by atoms with Gasteiger partial charge in [-0.2, -0.15) is 0 Å². The molecule has 0 unspecified atom stereocenters. The molecule has 0 atom stereocenters. The molecule has 1 aliphatic carbocycles. The molecule has 4 nitrogen and oxygen atoms in total. The van der Waals surface area contributed by atoms with Crippen LogP contribution in [-0.4, -0.2) is 20.6 Å². The zero-order valence-electron chi connectivity index (χ0n) is 7.43. The highest BCUT2D eigenvalue weighted by molar-refractivity contribution is 5.86. The van der Waals surface area contributed by atoms with E-state index in [1.54, 1.807) is 17.1 Å². The summed E-state index contributed by atoms with van der Waals surface area (Å²) in [6.45, 7) is 0.